The molecule has 0 saturated carbocycles. The van der Waals surface area contributed by atoms with Crippen molar-refractivity contribution in [3.8, 4) is 0 Å². The molecule has 1 aliphatic heterocycles. The lowest BCUT2D eigenvalue weighted by Gasteiger charge is -2.26. The van der Waals surface area contributed by atoms with E-state index < -0.39 is 0 Å². The van der Waals surface area contributed by atoms with Crippen molar-refractivity contribution in [2.24, 2.45) is 0 Å². The maximum Gasteiger partial charge on any atom is 0.320 e. The topological polar surface area (TPSA) is 41.6 Å². The molecular formula is C11H22N2O2. The molecule has 1 rings (SSSR count). The zero-order valence-electron chi connectivity index (χ0n) is 9.79. The summed E-state index contributed by atoms with van der Waals surface area (Å²) in [6, 6.07) is 0. The zero-order chi connectivity index (χ0) is 11.1. The number of esters is 1. The number of carbonyl (C=O) groups is 1. The summed E-state index contributed by atoms with van der Waals surface area (Å²) in [5, 5.41) is 3.26. The van der Waals surface area contributed by atoms with E-state index in [1.165, 1.54) is 0 Å². The Morgan fingerprint density at radius 3 is 2.73 bits per heavy atom. The summed E-state index contributed by atoms with van der Waals surface area (Å²) in [7, 11) is 0. The normalized spacial score (nSPS) is 19.9. The molecule has 15 heavy (non-hydrogen) atoms. The van der Waals surface area contributed by atoms with Crippen LogP contribution in [0.3, 0.4) is 0 Å². The Balaban J connectivity index is 2.16. The van der Waals surface area contributed by atoms with E-state index in [1.54, 1.807) is 0 Å². The maximum atomic E-state index is 11.5. The van der Waals surface area contributed by atoms with Crippen LogP contribution in [0.5, 0.6) is 0 Å². The van der Waals surface area contributed by atoms with Crippen LogP contribution in [0.15, 0.2) is 0 Å². The number of nitrogens with one attached hydrogen (secondary N) is 1. The van der Waals surface area contributed by atoms with Gasteiger partial charge in [0.2, 0.25) is 0 Å². The second kappa shape index (κ2) is 6.80. The summed E-state index contributed by atoms with van der Waals surface area (Å²) in [5.74, 6) is -0.0853. The average Bonchev–Trinajstić information content (AvgIpc) is 2.19. The molecule has 0 aromatic rings. The molecule has 1 atom stereocenters. The van der Waals surface area contributed by atoms with Crippen molar-refractivity contribution in [2.45, 2.75) is 32.8 Å². The fraction of sp³-hybridized carbons (Fsp3) is 0.909. The SMILES string of the molecule is CCCC(C)OC(=O)CN1CCNCC1. The van der Waals surface area contributed by atoms with Crippen LogP contribution in [0, 0.1) is 0 Å². The van der Waals surface area contributed by atoms with Crippen LogP contribution >= 0.6 is 0 Å². The van der Waals surface area contributed by atoms with Gasteiger partial charge in [-0.25, -0.2) is 0 Å². The van der Waals surface area contributed by atoms with Crippen molar-refractivity contribution in [2.75, 3.05) is 32.7 Å². The third-order valence-electron chi connectivity index (χ3n) is 2.59. The first-order chi connectivity index (χ1) is 7.22. The van der Waals surface area contributed by atoms with Gasteiger partial charge in [0.1, 0.15) is 0 Å². The summed E-state index contributed by atoms with van der Waals surface area (Å²) in [4.78, 5) is 13.6. The minimum Gasteiger partial charge on any atom is -0.462 e. The van der Waals surface area contributed by atoms with Crippen LogP contribution < -0.4 is 5.32 Å². The van der Waals surface area contributed by atoms with Crippen molar-refractivity contribution in [3.05, 3.63) is 0 Å². The maximum absolute atomic E-state index is 11.5. The number of nitrogens with zero attached hydrogens (tertiary/aromatic N) is 1. The van der Waals surface area contributed by atoms with Gasteiger partial charge in [0, 0.05) is 26.2 Å². The fourth-order valence-corrected chi connectivity index (χ4v) is 1.78. The minimum atomic E-state index is -0.0853. The molecule has 0 spiro atoms. The molecule has 0 aromatic heterocycles. The van der Waals surface area contributed by atoms with Gasteiger partial charge in [-0.05, 0) is 13.3 Å². The molecule has 0 aromatic carbocycles. The Morgan fingerprint density at radius 1 is 1.47 bits per heavy atom. The number of hydrogen-bond acceptors (Lipinski definition) is 4. The van der Waals surface area contributed by atoms with E-state index >= 15 is 0 Å². The quantitative estimate of drug-likeness (QED) is 0.681. The van der Waals surface area contributed by atoms with E-state index in [2.05, 4.69) is 17.1 Å². The van der Waals surface area contributed by atoms with Gasteiger partial charge in [0.15, 0.2) is 0 Å². The molecule has 1 unspecified atom stereocenters. The predicted molar refractivity (Wildman–Crippen MR) is 59.8 cm³/mol. The largest absolute Gasteiger partial charge is 0.462 e. The molecule has 1 aliphatic rings. The van der Waals surface area contributed by atoms with Crippen molar-refractivity contribution in [1.82, 2.24) is 10.2 Å². The molecule has 0 radical (unpaired) electrons. The van der Waals surface area contributed by atoms with Crippen LogP contribution in [-0.2, 0) is 9.53 Å². The van der Waals surface area contributed by atoms with Crippen LogP contribution in [0.4, 0.5) is 0 Å². The number of ether oxygens (including phenoxy) is 1. The van der Waals surface area contributed by atoms with Gasteiger partial charge < -0.3 is 10.1 Å². The molecule has 1 saturated heterocycles. The van der Waals surface area contributed by atoms with Crippen LogP contribution in [0.25, 0.3) is 0 Å². The Morgan fingerprint density at radius 2 is 2.13 bits per heavy atom. The van der Waals surface area contributed by atoms with Gasteiger partial charge in [-0.15, -0.1) is 0 Å². The van der Waals surface area contributed by atoms with Crippen LogP contribution in [-0.4, -0.2) is 49.7 Å². The highest BCUT2D eigenvalue weighted by atomic mass is 16.5. The molecule has 88 valence electrons. The number of rotatable bonds is 5. The van der Waals surface area contributed by atoms with Crippen molar-refractivity contribution >= 4 is 5.97 Å². The predicted octanol–water partition coefficient (Wildman–Crippen LogP) is 0.623. The van der Waals surface area contributed by atoms with Crippen LogP contribution in [0.1, 0.15) is 26.7 Å². The summed E-state index contributed by atoms with van der Waals surface area (Å²) in [5.41, 5.74) is 0. The monoisotopic (exact) mass is 214 g/mol. The number of hydrogen-bond donors (Lipinski definition) is 1. The Hall–Kier alpha value is -0.610. The minimum absolute atomic E-state index is 0.0606. The van der Waals surface area contributed by atoms with Crippen LogP contribution in [0.2, 0.25) is 0 Å². The van der Waals surface area contributed by atoms with Crippen molar-refractivity contribution in [3.63, 3.8) is 0 Å². The lowest BCUT2D eigenvalue weighted by molar-refractivity contribution is -0.149. The Labute approximate surface area is 92.0 Å². The first-order valence-corrected chi connectivity index (χ1v) is 5.85. The Bertz CT molecular complexity index is 191. The average molecular weight is 214 g/mol. The van der Waals surface area contributed by atoms with Gasteiger partial charge in [-0.3, -0.25) is 9.69 Å². The lowest BCUT2D eigenvalue weighted by atomic mass is 10.2. The molecule has 1 fully saturated rings. The van der Waals surface area contributed by atoms with E-state index in [-0.39, 0.29) is 12.1 Å². The highest BCUT2D eigenvalue weighted by Crippen LogP contribution is 2.02. The van der Waals surface area contributed by atoms with Gasteiger partial charge in [-0.1, -0.05) is 13.3 Å². The highest BCUT2D eigenvalue weighted by Gasteiger charge is 2.15. The second-order valence-corrected chi connectivity index (χ2v) is 4.12. The van der Waals surface area contributed by atoms with E-state index in [9.17, 15) is 4.79 Å². The molecule has 4 heteroatoms. The summed E-state index contributed by atoms with van der Waals surface area (Å²) in [6.07, 6.45) is 2.07. The molecule has 1 heterocycles. The molecule has 1 N–H and O–H groups in total. The standard InChI is InChI=1S/C11H22N2O2/c1-3-4-10(2)15-11(14)9-13-7-5-12-6-8-13/h10,12H,3-9H2,1-2H3. The molecule has 0 amide bonds. The van der Waals surface area contributed by atoms with Gasteiger partial charge in [0.05, 0.1) is 12.6 Å². The summed E-state index contributed by atoms with van der Waals surface area (Å²) >= 11 is 0. The third-order valence-corrected chi connectivity index (χ3v) is 2.59. The van der Waals surface area contributed by atoms with E-state index in [4.69, 9.17) is 4.74 Å². The first kappa shape index (κ1) is 12.5. The van der Waals surface area contributed by atoms with E-state index in [0.29, 0.717) is 6.54 Å². The van der Waals surface area contributed by atoms with Gasteiger partial charge in [0.25, 0.3) is 0 Å². The third kappa shape index (κ3) is 5.14. The molecule has 0 bridgehead atoms. The molecular weight excluding hydrogens is 192 g/mol. The molecule has 4 nitrogen and oxygen atoms in total. The smallest absolute Gasteiger partial charge is 0.320 e. The van der Waals surface area contributed by atoms with Gasteiger partial charge >= 0.3 is 5.97 Å². The first-order valence-electron chi connectivity index (χ1n) is 5.85. The van der Waals surface area contributed by atoms with E-state index in [0.717, 1.165) is 39.0 Å². The highest BCUT2D eigenvalue weighted by molar-refractivity contribution is 5.71. The van der Waals surface area contributed by atoms with Gasteiger partial charge in [-0.2, -0.15) is 0 Å². The van der Waals surface area contributed by atoms with Crippen molar-refractivity contribution in [1.29, 1.82) is 0 Å². The second-order valence-electron chi connectivity index (χ2n) is 4.12. The zero-order valence-corrected chi connectivity index (χ0v) is 9.79. The number of carbonyl (C=O) groups excluding carboxylic acids is 1. The fourth-order valence-electron chi connectivity index (χ4n) is 1.78. The lowest BCUT2D eigenvalue weighted by Crippen LogP contribution is -2.46. The summed E-state index contributed by atoms with van der Waals surface area (Å²) in [6.45, 7) is 8.32. The summed E-state index contributed by atoms with van der Waals surface area (Å²) < 4.78 is 5.29. The van der Waals surface area contributed by atoms with E-state index in [1.807, 2.05) is 6.92 Å². The molecule has 0 aliphatic carbocycles. The van der Waals surface area contributed by atoms with Crippen molar-refractivity contribution < 1.29 is 9.53 Å². The number of piperazine rings is 1. The Kier molecular flexibility index (Phi) is 5.65.